The second kappa shape index (κ2) is 5.36. The molecule has 0 spiro atoms. The largest absolute Gasteiger partial charge is 0.506 e. The number of nitrogens with zero attached hydrogens (tertiary/aromatic N) is 1. The number of anilines is 1. The molecule has 2 aromatic rings. The molecule has 8 heteroatoms. The second-order valence-electron chi connectivity index (χ2n) is 3.61. The number of phenols is 1. The fraction of sp³-hybridized carbons (Fsp3) is 0. The van der Waals surface area contributed by atoms with Crippen LogP contribution in [-0.4, -0.2) is 18.5 Å². The highest BCUT2D eigenvalue weighted by Crippen LogP contribution is 2.29. The smallest absolute Gasteiger partial charge is 0.263 e. The van der Waals surface area contributed by atoms with E-state index < -0.39 is 10.0 Å². The minimum Gasteiger partial charge on any atom is -0.506 e. The highest BCUT2D eigenvalue weighted by Gasteiger charge is 2.17. The molecule has 0 saturated heterocycles. The van der Waals surface area contributed by atoms with E-state index in [1.807, 2.05) is 0 Å². The molecule has 0 saturated carbocycles. The molecule has 0 radical (unpaired) electrons. The third-order valence-corrected chi connectivity index (χ3v) is 4.19. The van der Waals surface area contributed by atoms with Crippen molar-refractivity contribution in [3.05, 3.63) is 46.2 Å². The molecule has 2 N–H and O–H groups in total. The Morgan fingerprint density at radius 1 is 1.26 bits per heavy atom. The predicted molar refractivity (Wildman–Crippen MR) is 75.9 cm³/mol. The molecule has 0 atom stereocenters. The summed E-state index contributed by atoms with van der Waals surface area (Å²) >= 11 is 8.89. The number of aromatic hydroxyl groups is 1. The van der Waals surface area contributed by atoms with Crippen molar-refractivity contribution in [2.45, 2.75) is 4.90 Å². The van der Waals surface area contributed by atoms with Crippen LogP contribution in [0, 0.1) is 0 Å². The van der Waals surface area contributed by atoms with E-state index in [0.717, 1.165) is 0 Å². The van der Waals surface area contributed by atoms with Crippen LogP contribution >= 0.6 is 27.5 Å². The third-order valence-electron chi connectivity index (χ3n) is 2.19. The van der Waals surface area contributed by atoms with Crippen molar-refractivity contribution in [3.63, 3.8) is 0 Å². The molecule has 1 aromatic heterocycles. The van der Waals surface area contributed by atoms with Gasteiger partial charge in [0.05, 0.1) is 5.69 Å². The molecule has 19 heavy (non-hydrogen) atoms. The second-order valence-corrected chi connectivity index (χ2v) is 6.64. The Morgan fingerprint density at radius 3 is 2.68 bits per heavy atom. The topological polar surface area (TPSA) is 79.3 Å². The Bertz CT molecular complexity index is 722. The molecule has 1 aromatic carbocycles. The molecule has 0 bridgehead atoms. The van der Waals surface area contributed by atoms with E-state index in [2.05, 4.69) is 25.6 Å². The summed E-state index contributed by atoms with van der Waals surface area (Å²) in [6.45, 7) is 0. The van der Waals surface area contributed by atoms with Crippen LogP contribution in [0.1, 0.15) is 0 Å². The number of phenolic OH excluding ortho intramolecular Hbond substituents is 1. The van der Waals surface area contributed by atoms with Crippen molar-refractivity contribution in [2.75, 3.05) is 4.72 Å². The van der Waals surface area contributed by atoms with Gasteiger partial charge in [-0.05, 0) is 40.2 Å². The molecule has 0 unspecified atom stereocenters. The van der Waals surface area contributed by atoms with E-state index in [9.17, 15) is 13.5 Å². The van der Waals surface area contributed by atoms with Crippen LogP contribution in [0.2, 0.25) is 5.02 Å². The Hall–Kier alpha value is -1.31. The van der Waals surface area contributed by atoms with E-state index in [1.165, 1.54) is 36.7 Å². The highest BCUT2D eigenvalue weighted by molar-refractivity contribution is 9.10. The number of hydrogen-bond acceptors (Lipinski definition) is 4. The quantitative estimate of drug-likeness (QED) is 0.822. The number of benzene rings is 1. The zero-order valence-corrected chi connectivity index (χ0v) is 12.5. The van der Waals surface area contributed by atoms with Gasteiger partial charge in [0.15, 0.2) is 0 Å². The monoisotopic (exact) mass is 362 g/mol. The maximum absolute atomic E-state index is 12.1. The first-order chi connectivity index (χ1) is 8.88. The number of pyridine rings is 1. The van der Waals surface area contributed by atoms with E-state index >= 15 is 0 Å². The predicted octanol–water partition coefficient (Wildman–Crippen LogP) is 3.00. The van der Waals surface area contributed by atoms with E-state index in [4.69, 9.17) is 11.6 Å². The molecule has 0 fully saturated rings. The summed E-state index contributed by atoms with van der Waals surface area (Å²) in [5.74, 6) is -0.212. The van der Waals surface area contributed by atoms with Crippen molar-refractivity contribution in [2.24, 2.45) is 0 Å². The standard InChI is InChI=1S/C11H8BrClN2O3S/c12-7-3-9(6-14-5-7)19(17,18)15-10-4-8(13)1-2-11(10)16/h1-6,15-16H. The van der Waals surface area contributed by atoms with E-state index in [0.29, 0.717) is 9.50 Å². The van der Waals surface area contributed by atoms with Crippen molar-refractivity contribution < 1.29 is 13.5 Å². The first-order valence-corrected chi connectivity index (χ1v) is 7.66. The first kappa shape index (κ1) is 14.1. The molecule has 100 valence electrons. The molecule has 1 heterocycles. The van der Waals surface area contributed by atoms with Gasteiger partial charge >= 0.3 is 0 Å². The average molecular weight is 364 g/mol. The van der Waals surface area contributed by atoms with E-state index in [1.54, 1.807) is 0 Å². The minimum atomic E-state index is -3.84. The van der Waals surface area contributed by atoms with Crippen LogP contribution < -0.4 is 4.72 Å². The Balaban J connectivity index is 2.39. The van der Waals surface area contributed by atoms with Crippen LogP contribution in [0.5, 0.6) is 5.75 Å². The average Bonchev–Trinajstić information content (AvgIpc) is 2.33. The Kier molecular flexibility index (Phi) is 3.98. The number of halogens is 2. The van der Waals surface area contributed by atoms with Gasteiger partial charge in [0.25, 0.3) is 10.0 Å². The van der Waals surface area contributed by atoms with Gasteiger partial charge in [-0.3, -0.25) is 9.71 Å². The van der Waals surface area contributed by atoms with Gasteiger partial charge in [-0.2, -0.15) is 0 Å². The SMILES string of the molecule is O=S(=O)(Nc1cc(Cl)ccc1O)c1cncc(Br)c1. The van der Waals surface area contributed by atoms with Crippen LogP contribution in [0.25, 0.3) is 0 Å². The van der Waals surface area contributed by atoms with Crippen LogP contribution in [0.3, 0.4) is 0 Å². The summed E-state index contributed by atoms with van der Waals surface area (Å²) in [5, 5.41) is 9.90. The van der Waals surface area contributed by atoms with Crippen molar-refractivity contribution in [3.8, 4) is 5.75 Å². The lowest BCUT2D eigenvalue weighted by Gasteiger charge is -2.09. The normalized spacial score (nSPS) is 11.3. The third kappa shape index (κ3) is 3.37. The fourth-order valence-corrected chi connectivity index (χ4v) is 3.07. The molecular formula is C11H8BrClN2O3S. The lowest BCUT2D eigenvalue weighted by atomic mass is 10.3. The summed E-state index contributed by atoms with van der Waals surface area (Å²) in [5.41, 5.74) is 0.00692. The maximum Gasteiger partial charge on any atom is 0.263 e. The minimum absolute atomic E-state index is 0.00692. The molecule has 0 aliphatic carbocycles. The summed E-state index contributed by atoms with van der Waals surface area (Å²) in [4.78, 5) is 3.75. The maximum atomic E-state index is 12.1. The number of nitrogens with one attached hydrogen (secondary N) is 1. The fourth-order valence-electron chi connectivity index (χ4n) is 1.33. The lowest BCUT2D eigenvalue weighted by Crippen LogP contribution is -2.13. The van der Waals surface area contributed by atoms with Gasteiger partial charge in [-0.1, -0.05) is 11.6 Å². The van der Waals surface area contributed by atoms with Crippen molar-refractivity contribution in [1.29, 1.82) is 0 Å². The summed E-state index contributed by atoms with van der Waals surface area (Å²) < 4.78 is 27.0. The zero-order valence-electron chi connectivity index (χ0n) is 9.34. The highest BCUT2D eigenvalue weighted by atomic mass is 79.9. The molecule has 0 aliphatic heterocycles. The molecular weight excluding hydrogens is 356 g/mol. The van der Waals surface area contributed by atoms with Crippen molar-refractivity contribution >= 4 is 43.2 Å². The van der Waals surface area contributed by atoms with E-state index in [-0.39, 0.29) is 16.3 Å². The van der Waals surface area contributed by atoms with Crippen LogP contribution in [0.15, 0.2) is 46.0 Å². The number of rotatable bonds is 3. The summed E-state index contributed by atoms with van der Waals surface area (Å²) in [6.07, 6.45) is 2.67. The van der Waals surface area contributed by atoms with Crippen molar-refractivity contribution in [1.82, 2.24) is 4.98 Å². The Labute approximate surface area is 123 Å². The number of sulfonamides is 1. The van der Waals surface area contributed by atoms with Gasteiger partial charge in [-0.25, -0.2) is 8.42 Å². The van der Waals surface area contributed by atoms with Gasteiger partial charge in [0, 0.05) is 21.9 Å². The Morgan fingerprint density at radius 2 is 2.00 bits per heavy atom. The first-order valence-electron chi connectivity index (χ1n) is 5.00. The number of hydrogen-bond donors (Lipinski definition) is 2. The molecule has 2 rings (SSSR count). The van der Waals surface area contributed by atoms with Gasteiger partial charge < -0.3 is 5.11 Å². The number of aromatic nitrogens is 1. The summed E-state index contributed by atoms with van der Waals surface area (Å²) in [7, 11) is -3.84. The van der Waals surface area contributed by atoms with Gasteiger partial charge in [0.1, 0.15) is 10.6 Å². The van der Waals surface area contributed by atoms with Crippen LogP contribution in [0.4, 0.5) is 5.69 Å². The summed E-state index contributed by atoms with van der Waals surface area (Å²) in [6, 6.07) is 5.48. The lowest BCUT2D eigenvalue weighted by molar-refractivity contribution is 0.477. The van der Waals surface area contributed by atoms with Gasteiger partial charge in [0.2, 0.25) is 0 Å². The zero-order chi connectivity index (χ0) is 14.0. The molecule has 5 nitrogen and oxygen atoms in total. The molecule has 0 amide bonds. The van der Waals surface area contributed by atoms with Crippen LogP contribution in [-0.2, 0) is 10.0 Å². The van der Waals surface area contributed by atoms with Gasteiger partial charge in [-0.15, -0.1) is 0 Å². The molecule has 0 aliphatic rings.